The van der Waals surface area contributed by atoms with Crippen LogP contribution in [0.5, 0.6) is 0 Å². The average molecular weight is 446 g/mol. The Hall–Kier alpha value is -3.14. The van der Waals surface area contributed by atoms with E-state index in [-0.39, 0.29) is 23.7 Å². The lowest BCUT2D eigenvalue weighted by Gasteiger charge is -2.34. The maximum atomic E-state index is 13.4. The van der Waals surface area contributed by atoms with E-state index in [1.54, 1.807) is 11.0 Å². The minimum atomic E-state index is -4.55. The molecule has 0 aliphatic carbocycles. The number of carbonyl (C=O) groups is 1. The monoisotopic (exact) mass is 446 g/mol. The Bertz CT molecular complexity index is 1120. The molecule has 1 saturated heterocycles. The van der Waals surface area contributed by atoms with E-state index in [9.17, 15) is 18.0 Å². The number of halogens is 3. The van der Waals surface area contributed by atoms with Crippen LogP contribution in [0, 0.1) is 13.8 Å². The summed E-state index contributed by atoms with van der Waals surface area (Å²) in [5.74, 6) is -0.933. The zero-order chi connectivity index (χ0) is 22.9. The van der Waals surface area contributed by atoms with E-state index in [1.807, 2.05) is 32.0 Å². The second-order valence-electron chi connectivity index (χ2n) is 7.99. The number of amides is 2. The number of hydrogen-bond acceptors (Lipinski definition) is 4. The molecular formula is C22H25F3N6O. The fourth-order valence-corrected chi connectivity index (χ4v) is 3.82. The SMILES string of the molecule is Cc1ccc(NC(=O)N2CCN(CCn3c(C(F)(F)F)nc4cccnc43)CC2)cc1C. The van der Waals surface area contributed by atoms with Gasteiger partial charge in [-0.1, -0.05) is 6.07 Å². The van der Waals surface area contributed by atoms with Gasteiger partial charge in [0.2, 0.25) is 5.82 Å². The van der Waals surface area contributed by atoms with Crippen molar-refractivity contribution in [3.8, 4) is 0 Å². The molecule has 4 rings (SSSR count). The largest absolute Gasteiger partial charge is 0.449 e. The highest BCUT2D eigenvalue weighted by molar-refractivity contribution is 5.89. The van der Waals surface area contributed by atoms with Gasteiger partial charge in [-0.05, 0) is 49.2 Å². The first kappa shape index (κ1) is 22.1. The molecule has 10 heteroatoms. The van der Waals surface area contributed by atoms with Crippen LogP contribution in [0.15, 0.2) is 36.5 Å². The molecule has 3 aromatic rings. The summed E-state index contributed by atoms with van der Waals surface area (Å²) in [6, 6.07) is 8.70. The zero-order valence-corrected chi connectivity index (χ0v) is 18.0. The van der Waals surface area contributed by atoms with Crippen molar-refractivity contribution in [2.24, 2.45) is 0 Å². The summed E-state index contributed by atoms with van der Waals surface area (Å²) >= 11 is 0. The number of hydrogen-bond donors (Lipinski definition) is 1. The van der Waals surface area contributed by atoms with Crippen LogP contribution in [0.25, 0.3) is 11.2 Å². The molecule has 1 aliphatic heterocycles. The van der Waals surface area contributed by atoms with Crippen molar-refractivity contribution in [3.63, 3.8) is 0 Å². The lowest BCUT2D eigenvalue weighted by Crippen LogP contribution is -2.50. The van der Waals surface area contributed by atoms with E-state index in [1.165, 1.54) is 12.3 Å². The van der Waals surface area contributed by atoms with E-state index in [0.29, 0.717) is 32.7 Å². The summed E-state index contributed by atoms with van der Waals surface area (Å²) < 4.78 is 41.5. The number of piperazine rings is 1. The van der Waals surface area contributed by atoms with E-state index in [0.717, 1.165) is 21.4 Å². The first-order valence-electron chi connectivity index (χ1n) is 10.5. The summed E-state index contributed by atoms with van der Waals surface area (Å²) in [7, 11) is 0. The fourth-order valence-electron chi connectivity index (χ4n) is 3.82. The van der Waals surface area contributed by atoms with E-state index >= 15 is 0 Å². The van der Waals surface area contributed by atoms with Crippen LogP contribution in [0.2, 0.25) is 0 Å². The molecule has 0 spiro atoms. The van der Waals surface area contributed by atoms with Crippen molar-refractivity contribution in [2.75, 3.05) is 38.0 Å². The van der Waals surface area contributed by atoms with Crippen molar-refractivity contribution in [2.45, 2.75) is 26.6 Å². The number of pyridine rings is 1. The van der Waals surface area contributed by atoms with Gasteiger partial charge >= 0.3 is 12.2 Å². The molecule has 1 fully saturated rings. The maximum absolute atomic E-state index is 13.4. The highest BCUT2D eigenvalue weighted by atomic mass is 19.4. The van der Waals surface area contributed by atoms with Crippen LogP contribution < -0.4 is 5.32 Å². The third-order valence-corrected chi connectivity index (χ3v) is 5.81. The fraction of sp³-hybridized carbons (Fsp3) is 0.409. The minimum Gasteiger partial charge on any atom is -0.322 e. The van der Waals surface area contributed by atoms with Gasteiger partial charge in [0.1, 0.15) is 5.52 Å². The molecule has 1 aliphatic rings. The van der Waals surface area contributed by atoms with Gasteiger partial charge < -0.3 is 14.8 Å². The van der Waals surface area contributed by atoms with Crippen LogP contribution in [0.4, 0.5) is 23.7 Å². The maximum Gasteiger partial charge on any atom is 0.449 e. The number of carbonyl (C=O) groups excluding carboxylic acids is 1. The number of imidazole rings is 1. The Balaban J connectivity index is 1.35. The molecule has 0 saturated carbocycles. The standard InChI is InChI=1S/C22H25F3N6O/c1-15-5-6-17(14-16(15)2)27-21(32)30-11-8-29(9-12-30)10-13-31-19-18(4-3-7-26-19)28-20(31)22(23,24)25/h3-7,14H,8-13H2,1-2H3,(H,27,32). The molecule has 0 radical (unpaired) electrons. The molecule has 1 aromatic carbocycles. The number of rotatable bonds is 4. The normalized spacial score (nSPS) is 15.3. The van der Waals surface area contributed by atoms with Crippen molar-refractivity contribution in [1.29, 1.82) is 0 Å². The summed E-state index contributed by atoms with van der Waals surface area (Å²) in [5.41, 5.74) is 3.47. The highest BCUT2D eigenvalue weighted by Gasteiger charge is 2.38. The second-order valence-corrected chi connectivity index (χ2v) is 7.99. The average Bonchev–Trinajstić information content (AvgIpc) is 3.14. The molecule has 170 valence electrons. The molecule has 0 bridgehead atoms. The van der Waals surface area contributed by atoms with Crippen molar-refractivity contribution in [1.82, 2.24) is 24.3 Å². The van der Waals surface area contributed by atoms with Crippen molar-refractivity contribution >= 4 is 22.9 Å². The first-order chi connectivity index (χ1) is 15.2. The molecule has 3 heterocycles. The first-order valence-corrected chi connectivity index (χ1v) is 10.5. The smallest absolute Gasteiger partial charge is 0.322 e. The Morgan fingerprint density at radius 3 is 2.50 bits per heavy atom. The van der Waals surface area contributed by atoms with Gasteiger partial charge in [0.25, 0.3) is 0 Å². The van der Waals surface area contributed by atoms with Gasteiger partial charge in [-0.25, -0.2) is 14.8 Å². The van der Waals surface area contributed by atoms with Crippen LogP contribution in [0.1, 0.15) is 17.0 Å². The number of benzene rings is 1. The lowest BCUT2D eigenvalue weighted by molar-refractivity contribution is -0.147. The number of aryl methyl sites for hydroxylation is 2. The van der Waals surface area contributed by atoms with Crippen LogP contribution >= 0.6 is 0 Å². The Labute approximate surface area is 183 Å². The summed E-state index contributed by atoms with van der Waals surface area (Å²) in [6.07, 6.45) is -3.08. The summed E-state index contributed by atoms with van der Waals surface area (Å²) in [6.45, 7) is 6.73. The number of anilines is 1. The second kappa shape index (κ2) is 8.78. The number of nitrogens with zero attached hydrogens (tertiary/aromatic N) is 5. The minimum absolute atomic E-state index is 0.122. The predicted octanol–water partition coefficient (Wildman–Crippen LogP) is 3.92. The Kier molecular flexibility index (Phi) is 6.05. The number of aromatic nitrogens is 3. The zero-order valence-electron chi connectivity index (χ0n) is 18.0. The molecule has 32 heavy (non-hydrogen) atoms. The van der Waals surface area contributed by atoms with Crippen LogP contribution in [-0.4, -0.2) is 63.1 Å². The predicted molar refractivity (Wildman–Crippen MR) is 115 cm³/mol. The molecule has 0 atom stereocenters. The third kappa shape index (κ3) is 4.69. The van der Waals surface area contributed by atoms with Gasteiger partial charge in [0, 0.05) is 51.2 Å². The number of urea groups is 1. The molecule has 2 amide bonds. The number of nitrogens with one attached hydrogen (secondary N) is 1. The van der Waals surface area contributed by atoms with Crippen LogP contribution in [0.3, 0.4) is 0 Å². The summed E-state index contributed by atoms with van der Waals surface area (Å²) in [5, 5.41) is 2.92. The summed E-state index contributed by atoms with van der Waals surface area (Å²) in [4.78, 5) is 24.2. The molecule has 1 N–H and O–H groups in total. The quantitative estimate of drug-likeness (QED) is 0.660. The van der Waals surface area contributed by atoms with Gasteiger partial charge in [-0.2, -0.15) is 13.2 Å². The lowest BCUT2D eigenvalue weighted by atomic mass is 10.1. The molecular weight excluding hydrogens is 421 g/mol. The Morgan fingerprint density at radius 2 is 1.81 bits per heavy atom. The van der Waals surface area contributed by atoms with Gasteiger partial charge in [0.15, 0.2) is 5.65 Å². The van der Waals surface area contributed by atoms with E-state index in [4.69, 9.17) is 0 Å². The van der Waals surface area contributed by atoms with Crippen molar-refractivity contribution < 1.29 is 18.0 Å². The van der Waals surface area contributed by atoms with E-state index < -0.39 is 12.0 Å². The molecule has 7 nitrogen and oxygen atoms in total. The number of alkyl halides is 3. The molecule has 0 unspecified atom stereocenters. The van der Waals surface area contributed by atoms with Crippen LogP contribution in [-0.2, 0) is 12.7 Å². The van der Waals surface area contributed by atoms with Gasteiger partial charge in [-0.15, -0.1) is 0 Å². The number of fused-ring (bicyclic) bond motifs is 1. The topological polar surface area (TPSA) is 66.3 Å². The van der Waals surface area contributed by atoms with Gasteiger partial charge in [0.05, 0.1) is 0 Å². The molecule has 2 aromatic heterocycles. The Morgan fingerprint density at radius 1 is 1.06 bits per heavy atom. The third-order valence-electron chi connectivity index (χ3n) is 5.81. The van der Waals surface area contributed by atoms with Crippen molar-refractivity contribution in [3.05, 3.63) is 53.5 Å². The van der Waals surface area contributed by atoms with E-state index in [2.05, 4.69) is 20.2 Å². The van der Waals surface area contributed by atoms with Gasteiger partial charge in [-0.3, -0.25) is 4.90 Å². The highest BCUT2D eigenvalue weighted by Crippen LogP contribution is 2.30.